The molecule has 3 fully saturated rings. The highest BCUT2D eigenvalue weighted by Crippen LogP contribution is 2.33. The molecule has 7 nitrogen and oxygen atoms in total. The van der Waals surface area contributed by atoms with Gasteiger partial charge in [-0.2, -0.15) is 0 Å². The number of ether oxygens (including phenoxy) is 1. The average molecular weight is 415 g/mol. The molecule has 30 heavy (non-hydrogen) atoms. The average Bonchev–Trinajstić information content (AvgIpc) is 3.47. The number of hydrogen-bond donors (Lipinski definition) is 1. The zero-order chi connectivity index (χ0) is 20.5. The Hall–Kier alpha value is -1.73. The van der Waals surface area contributed by atoms with Crippen LogP contribution in [0.2, 0.25) is 0 Å². The molecule has 0 spiro atoms. The van der Waals surface area contributed by atoms with Gasteiger partial charge in [0.1, 0.15) is 5.82 Å². The Morgan fingerprint density at radius 1 is 1.10 bits per heavy atom. The standard InChI is InChI=1S/C23H34N4O3/c28-22-18-14-26(13-16-5-2-1-3-6-16)11-8-19(18)24-21(25-22)20-7-4-10-27(20)23(29)17-9-12-30-15-17/h16-17,20H,1-15H2,(H,24,25,28)/t17-,20-/m0/s1. The van der Waals surface area contributed by atoms with E-state index in [2.05, 4.69) is 9.88 Å². The van der Waals surface area contributed by atoms with E-state index in [9.17, 15) is 9.59 Å². The van der Waals surface area contributed by atoms with Gasteiger partial charge in [0, 0.05) is 39.2 Å². The minimum absolute atomic E-state index is 0.00755. The molecule has 2 saturated heterocycles. The number of aromatic nitrogens is 2. The lowest BCUT2D eigenvalue weighted by molar-refractivity contribution is -0.136. The molecule has 0 radical (unpaired) electrons. The van der Waals surface area contributed by atoms with Crippen LogP contribution in [0.25, 0.3) is 0 Å². The zero-order valence-corrected chi connectivity index (χ0v) is 17.9. The Kier molecular flexibility index (Phi) is 5.92. The highest BCUT2D eigenvalue weighted by molar-refractivity contribution is 5.80. The third kappa shape index (κ3) is 4.06. The van der Waals surface area contributed by atoms with Crippen molar-refractivity contribution in [3.05, 3.63) is 27.4 Å². The van der Waals surface area contributed by atoms with Gasteiger partial charge >= 0.3 is 0 Å². The summed E-state index contributed by atoms with van der Waals surface area (Å²) in [6, 6.07) is -0.101. The molecule has 1 aromatic heterocycles. The van der Waals surface area contributed by atoms with Gasteiger partial charge < -0.3 is 14.6 Å². The van der Waals surface area contributed by atoms with Crippen LogP contribution in [0.15, 0.2) is 4.79 Å². The molecule has 1 aromatic rings. The van der Waals surface area contributed by atoms with Gasteiger partial charge in [-0.1, -0.05) is 19.3 Å². The van der Waals surface area contributed by atoms with E-state index < -0.39 is 0 Å². The van der Waals surface area contributed by atoms with Crippen LogP contribution in [0, 0.1) is 11.8 Å². The number of fused-ring (bicyclic) bond motifs is 1. The monoisotopic (exact) mass is 414 g/mol. The van der Waals surface area contributed by atoms with Gasteiger partial charge in [0.25, 0.3) is 5.56 Å². The molecule has 1 aliphatic carbocycles. The van der Waals surface area contributed by atoms with E-state index >= 15 is 0 Å². The number of carbonyl (C=O) groups excluding carboxylic acids is 1. The summed E-state index contributed by atoms with van der Waals surface area (Å²) in [6.07, 6.45) is 10.2. The molecular weight excluding hydrogens is 380 g/mol. The Morgan fingerprint density at radius 3 is 2.77 bits per heavy atom. The number of nitrogens with zero attached hydrogens (tertiary/aromatic N) is 3. The lowest BCUT2D eigenvalue weighted by Gasteiger charge is -2.33. The Morgan fingerprint density at radius 2 is 1.97 bits per heavy atom. The lowest BCUT2D eigenvalue weighted by Crippen LogP contribution is -2.40. The molecular formula is C23H34N4O3. The van der Waals surface area contributed by atoms with Crippen LogP contribution in [-0.4, -0.2) is 58.5 Å². The van der Waals surface area contributed by atoms with E-state index in [0.717, 1.165) is 62.5 Å². The summed E-state index contributed by atoms with van der Waals surface area (Å²) in [7, 11) is 0. The Labute approximate surface area is 178 Å². The van der Waals surface area contributed by atoms with Gasteiger partial charge in [-0.05, 0) is 38.0 Å². The van der Waals surface area contributed by atoms with Crippen molar-refractivity contribution >= 4 is 5.91 Å². The highest BCUT2D eigenvalue weighted by Gasteiger charge is 2.37. The van der Waals surface area contributed by atoms with Gasteiger partial charge in [-0.25, -0.2) is 4.98 Å². The molecule has 7 heteroatoms. The Balaban J connectivity index is 1.30. The molecule has 1 saturated carbocycles. The van der Waals surface area contributed by atoms with E-state index in [1.54, 1.807) is 0 Å². The number of H-pyrrole nitrogens is 1. The maximum Gasteiger partial charge on any atom is 0.255 e. The molecule has 4 aliphatic rings. The summed E-state index contributed by atoms with van der Waals surface area (Å²) in [5.74, 6) is 1.59. The first-order chi connectivity index (χ1) is 14.7. The molecule has 4 heterocycles. The first-order valence-electron chi connectivity index (χ1n) is 11.9. The van der Waals surface area contributed by atoms with Crippen molar-refractivity contribution in [1.82, 2.24) is 19.8 Å². The second-order valence-corrected chi connectivity index (χ2v) is 9.62. The van der Waals surface area contributed by atoms with Gasteiger partial charge in [0.05, 0.1) is 29.8 Å². The van der Waals surface area contributed by atoms with Gasteiger partial charge in [-0.15, -0.1) is 0 Å². The molecule has 2 atom stereocenters. The minimum Gasteiger partial charge on any atom is -0.381 e. The van der Waals surface area contributed by atoms with E-state index in [4.69, 9.17) is 9.72 Å². The van der Waals surface area contributed by atoms with Gasteiger partial charge in [0.2, 0.25) is 5.91 Å². The van der Waals surface area contributed by atoms with Crippen molar-refractivity contribution in [2.75, 3.05) is 32.8 Å². The van der Waals surface area contributed by atoms with E-state index in [-0.39, 0.29) is 23.4 Å². The molecule has 0 aromatic carbocycles. The molecule has 5 rings (SSSR count). The minimum atomic E-state index is -0.101. The molecule has 0 bridgehead atoms. The highest BCUT2D eigenvalue weighted by atomic mass is 16.5. The van der Waals surface area contributed by atoms with Crippen molar-refractivity contribution in [1.29, 1.82) is 0 Å². The summed E-state index contributed by atoms with van der Waals surface area (Å²) in [6.45, 7) is 4.73. The van der Waals surface area contributed by atoms with Crippen molar-refractivity contribution in [3.63, 3.8) is 0 Å². The first-order valence-corrected chi connectivity index (χ1v) is 11.9. The third-order valence-electron chi connectivity index (χ3n) is 7.54. The van der Waals surface area contributed by atoms with Crippen LogP contribution < -0.4 is 5.56 Å². The molecule has 1 amide bonds. The van der Waals surface area contributed by atoms with Crippen LogP contribution in [0.3, 0.4) is 0 Å². The number of likely N-dealkylation sites (tertiary alicyclic amines) is 1. The third-order valence-corrected chi connectivity index (χ3v) is 7.54. The summed E-state index contributed by atoms with van der Waals surface area (Å²) in [5.41, 5.74) is 1.77. The van der Waals surface area contributed by atoms with Crippen molar-refractivity contribution in [2.24, 2.45) is 11.8 Å². The van der Waals surface area contributed by atoms with Crippen LogP contribution in [0.5, 0.6) is 0 Å². The van der Waals surface area contributed by atoms with Gasteiger partial charge in [0.15, 0.2) is 0 Å². The van der Waals surface area contributed by atoms with Crippen molar-refractivity contribution in [2.45, 2.75) is 70.4 Å². The first kappa shape index (κ1) is 20.2. The second kappa shape index (κ2) is 8.79. The number of carbonyl (C=O) groups is 1. The maximum absolute atomic E-state index is 13.0. The van der Waals surface area contributed by atoms with E-state index in [1.165, 1.54) is 32.1 Å². The largest absolute Gasteiger partial charge is 0.381 e. The van der Waals surface area contributed by atoms with Crippen LogP contribution >= 0.6 is 0 Å². The quantitative estimate of drug-likeness (QED) is 0.819. The normalized spacial score (nSPS) is 28.1. The van der Waals surface area contributed by atoms with Crippen molar-refractivity contribution in [3.8, 4) is 0 Å². The Bertz CT molecular complexity index is 826. The van der Waals surface area contributed by atoms with Crippen molar-refractivity contribution < 1.29 is 9.53 Å². The molecule has 1 N–H and O–H groups in total. The number of hydrogen-bond acceptors (Lipinski definition) is 5. The van der Waals surface area contributed by atoms with E-state index in [0.29, 0.717) is 25.6 Å². The summed E-state index contributed by atoms with van der Waals surface area (Å²) >= 11 is 0. The SMILES string of the molecule is O=C([C@H]1CCOC1)N1CCC[C@H]1c1nc2c(c(=O)[nH]1)CN(CC1CCCCC1)CC2. The molecule has 164 valence electrons. The predicted molar refractivity (Wildman–Crippen MR) is 113 cm³/mol. The topological polar surface area (TPSA) is 78.5 Å². The van der Waals surface area contributed by atoms with E-state index in [1.807, 2.05) is 4.90 Å². The second-order valence-electron chi connectivity index (χ2n) is 9.62. The fourth-order valence-electron chi connectivity index (χ4n) is 5.83. The molecule has 0 unspecified atom stereocenters. The maximum atomic E-state index is 13.0. The number of nitrogens with one attached hydrogen (secondary N) is 1. The predicted octanol–water partition coefficient (Wildman–Crippen LogP) is 2.41. The number of amides is 1. The summed E-state index contributed by atoms with van der Waals surface area (Å²) in [4.78, 5) is 38.2. The molecule has 3 aliphatic heterocycles. The van der Waals surface area contributed by atoms with Gasteiger partial charge in [-0.3, -0.25) is 14.5 Å². The smallest absolute Gasteiger partial charge is 0.255 e. The number of rotatable bonds is 4. The van der Waals surface area contributed by atoms with Crippen LogP contribution in [0.4, 0.5) is 0 Å². The fourth-order valence-corrected chi connectivity index (χ4v) is 5.83. The summed E-state index contributed by atoms with van der Waals surface area (Å²) < 4.78 is 5.41. The fraction of sp³-hybridized carbons (Fsp3) is 0.783. The van der Waals surface area contributed by atoms with Crippen LogP contribution in [-0.2, 0) is 22.5 Å². The summed E-state index contributed by atoms with van der Waals surface area (Å²) in [5, 5.41) is 0. The van der Waals surface area contributed by atoms with Crippen LogP contribution in [0.1, 0.15) is 74.5 Å². The lowest BCUT2D eigenvalue weighted by atomic mass is 9.88. The zero-order valence-electron chi connectivity index (χ0n) is 17.9. The number of aromatic amines is 1.